The minimum absolute atomic E-state index is 0.0245. The molecule has 25 heavy (non-hydrogen) atoms. The van der Waals surface area contributed by atoms with E-state index in [0.717, 1.165) is 0 Å². The molecule has 0 heterocycles. The molecule has 0 aromatic heterocycles. The summed E-state index contributed by atoms with van der Waals surface area (Å²) in [5.74, 6) is -1.36. The Balaban J connectivity index is 2.07. The second-order valence-electron chi connectivity index (χ2n) is 5.38. The molecule has 0 aliphatic carbocycles. The lowest BCUT2D eigenvalue weighted by atomic mass is 10.1. The lowest BCUT2D eigenvalue weighted by molar-refractivity contribution is -0.116. The number of para-hydroxylation sites is 1. The predicted molar refractivity (Wildman–Crippen MR) is 96.3 cm³/mol. The molecule has 0 aliphatic rings. The first-order valence-electron chi connectivity index (χ1n) is 7.82. The van der Waals surface area contributed by atoms with Gasteiger partial charge in [-0.2, -0.15) is 5.26 Å². The van der Waals surface area contributed by atoms with E-state index in [1.54, 1.807) is 19.1 Å². The molecule has 0 radical (unpaired) electrons. The molecule has 2 aromatic carbocycles. The molecule has 0 fully saturated rings. The van der Waals surface area contributed by atoms with Gasteiger partial charge >= 0.3 is 0 Å². The number of hydrogen-bond donors (Lipinski definition) is 0. The fourth-order valence-corrected chi connectivity index (χ4v) is 3.36. The fourth-order valence-electron chi connectivity index (χ4n) is 2.42. The quantitative estimate of drug-likeness (QED) is 0.718. The maximum atomic E-state index is 13.8. The molecule has 0 spiro atoms. The summed E-state index contributed by atoms with van der Waals surface area (Å²) >= 11 is 1.17. The van der Waals surface area contributed by atoms with E-state index in [1.165, 1.54) is 34.9 Å². The first-order chi connectivity index (χ1) is 12.0. The molecule has 1 amide bonds. The van der Waals surface area contributed by atoms with Crippen LogP contribution in [0.15, 0.2) is 48.5 Å². The molecule has 0 aliphatic heterocycles. The van der Waals surface area contributed by atoms with E-state index in [0.29, 0.717) is 5.69 Å². The van der Waals surface area contributed by atoms with Crippen LogP contribution in [0.2, 0.25) is 0 Å². The topological polar surface area (TPSA) is 44.1 Å². The summed E-state index contributed by atoms with van der Waals surface area (Å²) in [6, 6.07) is 14.8. The number of nitriles is 1. The van der Waals surface area contributed by atoms with Crippen molar-refractivity contribution in [3.05, 3.63) is 65.7 Å². The van der Waals surface area contributed by atoms with Gasteiger partial charge < -0.3 is 4.90 Å². The third kappa shape index (κ3) is 5.04. The molecule has 0 bridgehead atoms. The van der Waals surface area contributed by atoms with Gasteiger partial charge in [0.2, 0.25) is 5.91 Å². The number of anilines is 1. The summed E-state index contributed by atoms with van der Waals surface area (Å²) in [7, 11) is 0. The first-order valence-corrected chi connectivity index (χ1v) is 8.87. The van der Waals surface area contributed by atoms with Gasteiger partial charge in [-0.25, -0.2) is 8.78 Å². The van der Waals surface area contributed by atoms with Crippen LogP contribution < -0.4 is 4.90 Å². The molecule has 1 atom stereocenters. The maximum Gasteiger partial charge on any atom is 0.237 e. The summed E-state index contributed by atoms with van der Waals surface area (Å²) in [5, 5.41) is 8.29. The Labute approximate surface area is 150 Å². The van der Waals surface area contributed by atoms with Crippen LogP contribution in [-0.2, 0) is 4.79 Å². The van der Waals surface area contributed by atoms with Crippen molar-refractivity contribution in [1.82, 2.24) is 0 Å². The number of nitrogens with zero attached hydrogens (tertiary/aromatic N) is 2. The monoisotopic (exact) mass is 360 g/mol. The minimum atomic E-state index is -0.614. The van der Waals surface area contributed by atoms with Crippen molar-refractivity contribution < 1.29 is 13.6 Å². The second-order valence-corrected chi connectivity index (χ2v) is 6.71. The van der Waals surface area contributed by atoms with Gasteiger partial charge in [0.05, 0.1) is 18.2 Å². The number of rotatable bonds is 7. The van der Waals surface area contributed by atoms with Crippen molar-refractivity contribution in [1.29, 1.82) is 5.26 Å². The molecular formula is C19H18F2N2OS. The van der Waals surface area contributed by atoms with Crippen LogP contribution in [0.25, 0.3) is 0 Å². The van der Waals surface area contributed by atoms with Crippen molar-refractivity contribution in [2.45, 2.75) is 18.6 Å². The normalized spacial score (nSPS) is 11.6. The molecule has 0 saturated carbocycles. The van der Waals surface area contributed by atoms with Gasteiger partial charge in [-0.1, -0.05) is 24.3 Å². The number of halogens is 2. The first kappa shape index (κ1) is 18.9. The Morgan fingerprint density at radius 3 is 2.40 bits per heavy atom. The largest absolute Gasteiger partial charge is 0.311 e. The minimum Gasteiger partial charge on any atom is -0.311 e. The third-order valence-electron chi connectivity index (χ3n) is 3.68. The zero-order valence-electron chi connectivity index (χ0n) is 13.8. The fraction of sp³-hybridized carbons (Fsp3) is 0.263. The summed E-state index contributed by atoms with van der Waals surface area (Å²) in [4.78, 5) is 14.1. The lowest BCUT2D eigenvalue weighted by Crippen LogP contribution is -2.33. The maximum absolute atomic E-state index is 13.8. The van der Waals surface area contributed by atoms with E-state index in [4.69, 9.17) is 5.26 Å². The summed E-state index contributed by atoms with van der Waals surface area (Å²) < 4.78 is 27.7. The Morgan fingerprint density at radius 1 is 1.16 bits per heavy atom. The highest BCUT2D eigenvalue weighted by atomic mass is 32.2. The molecule has 6 heteroatoms. The van der Waals surface area contributed by atoms with E-state index in [-0.39, 0.29) is 30.2 Å². The lowest BCUT2D eigenvalue weighted by Gasteiger charge is -2.22. The Morgan fingerprint density at radius 2 is 1.80 bits per heavy atom. The van der Waals surface area contributed by atoms with Gasteiger partial charge in [-0.3, -0.25) is 4.79 Å². The molecule has 2 rings (SSSR count). The van der Waals surface area contributed by atoms with E-state index in [2.05, 4.69) is 0 Å². The molecular weight excluding hydrogens is 342 g/mol. The van der Waals surface area contributed by atoms with Crippen LogP contribution in [0.3, 0.4) is 0 Å². The van der Waals surface area contributed by atoms with Crippen LogP contribution in [-0.4, -0.2) is 18.2 Å². The van der Waals surface area contributed by atoms with Crippen LogP contribution in [0.5, 0.6) is 0 Å². The molecule has 0 saturated heterocycles. The molecule has 130 valence electrons. The number of benzene rings is 2. The SMILES string of the molecule is CC(SCC(=O)N(CCC#N)c1ccccc1)c1c(F)cccc1F. The standard InChI is InChI=1S/C19H18F2N2OS/c1-14(19-16(20)9-5-10-17(19)21)25-13-18(24)23(12-6-11-22)15-7-3-2-4-8-15/h2-5,7-10,14H,6,12-13H2,1H3. The third-order valence-corrected chi connectivity index (χ3v) is 4.83. The zero-order valence-corrected chi connectivity index (χ0v) is 14.6. The van der Waals surface area contributed by atoms with Crippen LogP contribution in [0.1, 0.15) is 24.2 Å². The second kappa shape index (κ2) is 9.19. The Kier molecular flexibility index (Phi) is 6.96. The Hall–Kier alpha value is -2.39. The highest BCUT2D eigenvalue weighted by Gasteiger charge is 2.20. The average molecular weight is 360 g/mol. The van der Waals surface area contributed by atoms with Gasteiger partial charge in [-0.05, 0) is 31.2 Å². The van der Waals surface area contributed by atoms with Crippen molar-refractivity contribution in [2.24, 2.45) is 0 Å². The molecule has 1 unspecified atom stereocenters. The van der Waals surface area contributed by atoms with Crippen LogP contribution in [0.4, 0.5) is 14.5 Å². The summed E-state index contributed by atoms with van der Waals surface area (Å²) in [6.45, 7) is 1.95. The van der Waals surface area contributed by atoms with Crippen molar-refractivity contribution in [3.63, 3.8) is 0 Å². The highest BCUT2D eigenvalue weighted by molar-refractivity contribution is 8.00. The van der Waals surface area contributed by atoms with Crippen molar-refractivity contribution in [2.75, 3.05) is 17.2 Å². The number of thioether (sulfide) groups is 1. The zero-order chi connectivity index (χ0) is 18.2. The van der Waals surface area contributed by atoms with Crippen molar-refractivity contribution in [3.8, 4) is 6.07 Å². The molecule has 2 aromatic rings. The number of carbonyl (C=O) groups excluding carboxylic acids is 1. The summed E-state index contributed by atoms with van der Waals surface area (Å²) in [6.07, 6.45) is 0.211. The van der Waals surface area contributed by atoms with Crippen LogP contribution in [0, 0.1) is 23.0 Å². The Bertz CT molecular complexity index is 742. The average Bonchev–Trinajstić information content (AvgIpc) is 2.61. The van der Waals surface area contributed by atoms with E-state index in [1.807, 2.05) is 24.3 Å². The van der Waals surface area contributed by atoms with Gasteiger partial charge in [0, 0.05) is 23.0 Å². The van der Waals surface area contributed by atoms with E-state index in [9.17, 15) is 13.6 Å². The number of carbonyl (C=O) groups is 1. The predicted octanol–water partition coefficient (Wildman–Crippen LogP) is 4.71. The molecule has 3 nitrogen and oxygen atoms in total. The van der Waals surface area contributed by atoms with Gasteiger partial charge in [0.25, 0.3) is 0 Å². The summed E-state index contributed by atoms with van der Waals surface area (Å²) in [5.41, 5.74) is 0.677. The van der Waals surface area contributed by atoms with Crippen LogP contribution >= 0.6 is 11.8 Å². The number of hydrogen-bond acceptors (Lipinski definition) is 3. The van der Waals surface area contributed by atoms with Gasteiger partial charge in [-0.15, -0.1) is 11.8 Å². The molecule has 0 N–H and O–H groups in total. The highest BCUT2D eigenvalue weighted by Crippen LogP contribution is 2.32. The van der Waals surface area contributed by atoms with Gasteiger partial charge in [0.15, 0.2) is 0 Å². The van der Waals surface area contributed by atoms with Gasteiger partial charge in [0.1, 0.15) is 11.6 Å². The van der Waals surface area contributed by atoms with E-state index < -0.39 is 16.9 Å². The smallest absolute Gasteiger partial charge is 0.237 e. The van der Waals surface area contributed by atoms with E-state index >= 15 is 0 Å². The number of amides is 1. The van der Waals surface area contributed by atoms with Crippen molar-refractivity contribution >= 4 is 23.4 Å².